The van der Waals surface area contributed by atoms with Gasteiger partial charge in [0.15, 0.2) is 11.6 Å². The maximum atomic E-state index is 6.33. The third-order valence-electron chi connectivity index (χ3n) is 8.66. The Bertz CT molecular complexity index is 2770. The SMILES string of the molecule is c1ccc(-c2nc(-c3ccc4oc5ccccc5c4c3)nc(-n3c4ccccc4c4cc5c(cc43)oc3ccccc35)n2)cc1. The molecule has 0 unspecified atom stereocenters. The number of rotatable bonds is 3. The lowest BCUT2D eigenvalue weighted by Crippen LogP contribution is -2.06. The van der Waals surface area contributed by atoms with Crippen molar-refractivity contribution >= 4 is 65.7 Å². The van der Waals surface area contributed by atoms with Crippen molar-refractivity contribution in [3.05, 3.63) is 133 Å². The molecule has 0 fully saturated rings. The van der Waals surface area contributed by atoms with Gasteiger partial charge in [-0.25, -0.2) is 4.98 Å². The molecule has 0 bridgehead atoms. The van der Waals surface area contributed by atoms with E-state index < -0.39 is 0 Å². The van der Waals surface area contributed by atoms with Crippen LogP contribution in [0.25, 0.3) is 94.4 Å². The van der Waals surface area contributed by atoms with E-state index in [-0.39, 0.29) is 0 Å². The molecule has 0 aliphatic rings. The molecule has 0 saturated carbocycles. The smallest absolute Gasteiger partial charge is 0.238 e. The van der Waals surface area contributed by atoms with E-state index in [1.54, 1.807) is 0 Å². The van der Waals surface area contributed by atoms with E-state index in [1.165, 1.54) is 0 Å². The molecule has 0 atom stereocenters. The van der Waals surface area contributed by atoms with Crippen LogP contribution in [0, 0.1) is 0 Å². The first-order chi connectivity index (χ1) is 22.3. The molecule has 0 aliphatic carbocycles. The molecule has 0 saturated heterocycles. The van der Waals surface area contributed by atoms with Gasteiger partial charge in [0.05, 0.1) is 11.0 Å². The lowest BCUT2D eigenvalue weighted by atomic mass is 10.1. The van der Waals surface area contributed by atoms with Crippen LogP contribution in [0.2, 0.25) is 0 Å². The quantitative estimate of drug-likeness (QED) is 0.209. The highest BCUT2D eigenvalue weighted by Gasteiger charge is 2.20. The Kier molecular flexibility index (Phi) is 4.90. The van der Waals surface area contributed by atoms with E-state index in [9.17, 15) is 0 Å². The fourth-order valence-electron chi connectivity index (χ4n) is 6.58. The first-order valence-electron chi connectivity index (χ1n) is 14.9. The van der Waals surface area contributed by atoms with Crippen molar-refractivity contribution in [2.45, 2.75) is 0 Å². The van der Waals surface area contributed by atoms with Crippen LogP contribution in [0.4, 0.5) is 0 Å². The molecular weight excluding hydrogens is 556 g/mol. The predicted molar refractivity (Wildman–Crippen MR) is 180 cm³/mol. The number of aromatic nitrogens is 4. The molecule has 45 heavy (non-hydrogen) atoms. The number of benzene rings is 6. The Balaban J connectivity index is 1.28. The van der Waals surface area contributed by atoms with Crippen molar-refractivity contribution < 1.29 is 8.83 Å². The molecule has 6 nitrogen and oxygen atoms in total. The third kappa shape index (κ3) is 3.60. The molecule has 6 heteroatoms. The maximum absolute atomic E-state index is 6.33. The predicted octanol–water partition coefficient (Wildman–Crippen LogP) is 10.1. The number of hydrogen-bond acceptors (Lipinski definition) is 5. The number of hydrogen-bond donors (Lipinski definition) is 0. The highest BCUT2D eigenvalue weighted by atomic mass is 16.3. The number of nitrogens with zero attached hydrogens (tertiary/aromatic N) is 4. The summed E-state index contributed by atoms with van der Waals surface area (Å²) in [5, 5.41) is 6.50. The second-order valence-corrected chi connectivity index (χ2v) is 11.3. The molecule has 0 radical (unpaired) electrons. The van der Waals surface area contributed by atoms with Gasteiger partial charge in [-0.3, -0.25) is 4.57 Å². The minimum Gasteiger partial charge on any atom is -0.456 e. The number of furan rings is 2. The van der Waals surface area contributed by atoms with Crippen LogP contribution >= 0.6 is 0 Å². The monoisotopic (exact) mass is 578 g/mol. The second-order valence-electron chi connectivity index (χ2n) is 11.3. The molecule has 0 aliphatic heterocycles. The van der Waals surface area contributed by atoms with Crippen LogP contribution in [-0.4, -0.2) is 19.5 Å². The minimum absolute atomic E-state index is 0.540. The fraction of sp³-hybridized carbons (Fsp3) is 0. The van der Waals surface area contributed by atoms with Gasteiger partial charge in [0.1, 0.15) is 22.3 Å². The summed E-state index contributed by atoms with van der Waals surface area (Å²) in [4.78, 5) is 15.2. The van der Waals surface area contributed by atoms with Crippen LogP contribution in [0.1, 0.15) is 0 Å². The molecule has 10 aromatic rings. The van der Waals surface area contributed by atoms with E-state index in [0.717, 1.165) is 76.8 Å². The van der Waals surface area contributed by atoms with Gasteiger partial charge < -0.3 is 8.83 Å². The van der Waals surface area contributed by atoms with Gasteiger partial charge >= 0.3 is 0 Å². The Labute approximate surface area is 255 Å². The summed E-state index contributed by atoms with van der Waals surface area (Å²) in [5.41, 5.74) is 7.15. The molecule has 210 valence electrons. The highest BCUT2D eigenvalue weighted by Crippen LogP contribution is 2.38. The average Bonchev–Trinajstić information content (AvgIpc) is 3.76. The third-order valence-corrected chi connectivity index (χ3v) is 8.66. The first kappa shape index (κ1) is 24.2. The lowest BCUT2D eigenvalue weighted by Gasteiger charge is -2.11. The maximum Gasteiger partial charge on any atom is 0.238 e. The van der Waals surface area contributed by atoms with Gasteiger partial charge in [0, 0.05) is 49.5 Å². The summed E-state index contributed by atoms with van der Waals surface area (Å²) < 4.78 is 14.6. The van der Waals surface area contributed by atoms with Crippen LogP contribution in [0.3, 0.4) is 0 Å². The Morgan fingerprint density at radius 3 is 1.76 bits per heavy atom. The zero-order chi connectivity index (χ0) is 29.5. The topological polar surface area (TPSA) is 69.9 Å². The summed E-state index contributed by atoms with van der Waals surface area (Å²) in [7, 11) is 0. The standard InChI is InChI=1S/C39H22N4O2/c1-2-10-23(11-3-1)37-40-38(24-18-19-35-29(20-24)26-13-5-8-16-33(26)44-35)42-39(41-37)43-31-15-7-4-12-25(31)28-21-30-27-14-6-9-17-34(27)45-36(30)22-32(28)43/h1-22H. The van der Waals surface area contributed by atoms with Gasteiger partial charge in [0.25, 0.3) is 0 Å². The van der Waals surface area contributed by atoms with E-state index in [1.807, 2.05) is 78.9 Å². The van der Waals surface area contributed by atoms with Crippen molar-refractivity contribution in [1.82, 2.24) is 19.5 Å². The molecule has 0 N–H and O–H groups in total. The molecule has 10 rings (SSSR count). The normalized spacial score (nSPS) is 12.0. The van der Waals surface area contributed by atoms with Crippen molar-refractivity contribution in [3.63, 3.8) is 0 Å². The van der Waals surface area contributed by atoms with Crippen LogP contribution in [0.15, 0.2) is 142 Å². The summed E-state index contributed by atoms with van der Waals surface area (Å²) >= 11 is 0. The van der Waals surface area contributed by atoms with E-state index in [2.05, 4.69) is 59.2 Å². The molecular formula is C39H22N4O2. The number of fused-ring (bicyclic) bond motifs is 9. The second kappa shape index (κ2) is 9.11. The van der Waals surface area contributed by atoms with E-state index >= 15 is 0 Å². The van der Waals surface area contributed by atoms with Crippen molar-refractivity contribution in [3.8, 4) is 28.7 Å². The summed E-state index contributed by atoms with van der Waals surface area (Å²) in [5.74, 6) is 1.72. The Morgan fingerprint density at radius 1 is 0.378 bits per heavy atom. The largest absolute Gasteiger partial charge is 0.456 e. The van der Waals surface area contributed by atoms with Crippen LogP contribution < -0.4 is 0 Å². The molecule has 6 aromatic carbocycles. The van der Waals surface area contributed by atoms with E-state index in [0.29, 0.717) is 17.6 Å². The van der Waals surface area contributed by atoms with Gasteiger partial charge in [0.2, 0.25) is 5.95 Å². The van der Waals surface area contributed by atoms with Crippen molar-refractivity contribution in [2.75, 3.05) is 0 Å². The highest BCUT2D eigenvalue weighted by molar-refractivity contribution is 6.17. The molecule has 4 heterocycles. The average molecular weight is 579 g/mol. The van der Waals surface area contributed by atoms with Crippen LogP contribution in [0.5, 0.6) is 0 Å². The lowest BCUT2D eigenvalue weighted by molar-refractivity contribution is 0.668. The zero-order valence-electron chi connectivity index (χ0n) is 23.8. The van der Waals surface area contributed by atoms with Crippen molar-refractivity contribution in [2.24, 2.45) is 0 Å². The van der Waals surface area contributed by atoms with Crippen molar-refractivity contribution in [1.29, 1.82) is 0 Å². The van der Waals surface area contributed by atoms with Gasteiger partial charge in [-0.15, -0.1) is 0 Å². The summed E-state index contributed by atoms with van der Waals surface area (Å²) in [6, 6.07) is 45.2. The number of para-hydroxylation sites is 3. The molecule has 0 spiro atoms. The molecule has 4 aromatic heterocycles. The van der Waals surface area contributed by atoms with Gasteiger partial charge in [-0.1, -0.05) is 84.9 Å². The Hall–Kier alpha value is -6.27. The zero-order valence-corrected chi connectivity index (χ0v) is 23.8. The Morgan fingerprint density at radius 2 is 0.978 bits per heavy atom. The van der Waals surface area contributed by atoms with E-state index in [4.69, 9.17) is 23.8 Å². The van der Waals surface area contributed by atoms with Gasteiger partial charge in [-0.05, 0) is 42.5 Å². The first-order valence-corrected chi connectivity index (χ1v) is 14.9. The summed E-state index contributed by atoms with van der Waals surface area (Å²) in [6.45, 7) is 0. The minimum atomic E-state index is 0.540. The van der Waals surface area contributed by atoms with Crippen LogP contribution in [-0.2, 0) is 0 Å². The molecule has 0 amide bonds. The van der Waals surface area contributed by atoms with Gasteiger partial charge in [-0.2, -0.15) is 9.97 Å². The summed E-state index contributed by atoms with van der Waals surface area (Å²) in [6.07, 6.45) is 0. The fourth-order valence-corrected chi connectivity index (χ4v) is 6.58.